The Bertz CT molecular complexity index is 3490. The van der Waals surface area contributed by atoms with Crippen LogP contribution in [0.2, 0.25) is 0 Å². The van der Waals surface area contributed by atoms with Crippen LogP contribution in [0, 0.1) is 0 Å². The van der Waals surface area contributed by atoms with Crippen molar-refractivity contribution in [3.8, 4) is 78.4 Å². The predicted octanol–water partition coefficient (Wildman–Crippen LogP) is 16.3. The first-order chi connectivity index (χ1) is 30.7. The van der Waals surface area contributed by atoms with Crippen molar-refractivity contribution in [3.63, 3.8) is 0 Å². The van der Waals surface area contributed by atoms with Crippen molar-refractivity contribution in [2.24, 2.45) is 0 Å². The van der Waals surface area contributed by atoms with E-state index < -0.39 is 0 Å². The average molecular weight is 826 g/mol. The fourth-order valence-electron chi connectivity index (χ4n) is 8.63. The minimum Gasteiger partial charge on any atom is -0.264 e. The molecule has 0 N–H and O–H groups in total. The van der Waals surface area contributed by atoms with Crippen LogP contribution in [0.15, 0.2) is 213 Å². The summed E-state index contributed by atoms with van der Waals surface area (Å²) in [5, 5.41) is 5.14. The Labute approximate surface area is 366 Å². The summed E-state index contributed by atoms with van der Waals surface area (Å²) in [6, 6.07) is 72.1. The zero-order chi connectivity index (χ0) is 41.0. The summed E-state index contributed by atoms with van der Waals surface area (Å²) in [6.07, 6.45) is 3.70. The van der Waals surface area contributed by atoms with E-state index in [0.29, 0.717) is 5.82 Å². The Hall–Kier alpha value is -7.57. The summed E-state index contributed by atoms with van der Waals surface area (Å²) in [5.41, 5.74) is 13.8. The summed E-state index contributed by atoms with van der Waals surface area (Å²) in [7, 11) is 0. The van der Waals surface area contributed by atoms with Gasteiger partial charge in [-0.05, 0) is 117 Å². The molecule has 0 aliphatic carbocycles. The molecule has 0 spiro atoms. The van der Waals surface area contributed by atoms with Gasteiger partial charge in [0.15, 0.2) is 5.82 Å². The smallest absolute Gasteiger partial charge is 0.160 e. The molecular weight excluding hydrogens is 791 g/mol. The third-order valence-electron chi connectivity index (χ3n) is 11.8. The highest BCUT2D eigenvalue weighted by atomic mass is 32.1. The van der Waals surface area contributed by atoms with E-state index in [-0.39, 0.29) is 0 Å². The number of nitrogens with zero attached hydrogens (tertiary/aromatic N) is 3. The quantitative estimate of drug-likeness (QED) is 0.161. The van der Waals surface area contributed by atoms with E-state index in [1.165, 1.54) is 51.5 Å². The van der Waals surface area contributed by atoms with E-state index in [0.717, 1.165) is 61.5 Å². The number of fused-ring (bicyclic) bond motifs is 6. The molecule has 290 valence electrons. The number of pyridine rings is 1. The first-order valence-corrected chi connectivity index (χ1v) is 22.3. The summed E-state index contributed by atoms with van der Waals surface area (Å²) in [4.78, 5) is 15.0. The SMILES string of the molecule is c1ccc(-c2cccc(-c3cc(-c4cc(-c5ccc6sc7ccccc7c6c5)cc(-c5ccc6sc7ccccc7c6c5)c4)nc(-c4ccc(-c5cccnc5)cc4)n3)c2)cc1. The molecule has 0 fully saturated rings. The van der Waals surface area contributed by atoms with Crippen LogP contribution >= 0.6 is 22.7 Å². The van der Waals surface area contributed by atoms with E-state index in [2.05, 4.69) is 199 Å². The van der Waals surface area contributed by atoms with Gasteiger partial charge in [0.1, 0.15) is 0 Å². The monoisotopic (exact) mass is 825 g/mol. The number of thiophene rings is 2. The topological polar surface area (TPSA) is 38.7 Å². The van der Waals surface area contributed by atoms with Gasteiger partial charge in [-0.15, -0.1) is 22.7 Å². The Balaban J connectivity index is 1.07. The molecule has 0 saturated carbocycles. The van der Waals surface area contributed by atoms with Gasteiger partial charge in [-0.25, -0.2) is 9.97 Å². The van der Waals surface area contributed by atoms with Crippen molar-refractivity contribution in [2.75, 3.05) is 0 Å². The summed E-state index contributed by atoms with van der Waals surface area (Å²) >= 11 is 3.69. The maximum Gasteiger partial charge on any atom is 0.160 e. The summed E-state index contributed by atoms with van der Waals surface area (Å²) < 4.78 is 5.18. The second-order valence-corrected chi connectivity index (χ2v) is 17.8. The van der Waals surface area contributed by atoms with Gasteiger partial charge in [-0.2, -0.15) is 0 Å². The van der Waals surface area contributed by atoms with Gasteiger partial charge >= 0.3 is 0 Å². The van der Waals surface area contributed by atoms with Gasteiger partial charge in [0, 0.05) is 69.4 Å². The average Bonchev–Trinajstić information content (AvgIpc) is 3.92. The molecular formula is C57H35N3S2. The Morgan fingerprint density at radius 1 is 0.274 bits per heavy atom. The van der Waals surface area contributed by atoms with Crippen LogP contribution in [0.3, 0.4) is 0 Å². The lowest BCUT2D eigenvalue weighted by Gasteiger charge is -2.14. The van der Waals surface area contributed by atoms with Crippen molar-refractivity contribution in [3.05, 3.63) is 213 Å². The molecule has 5 heteroatoms. The molecule has 0 amide bonds. The van der Waals surface area contributed by atoms with Gasteiger partial charge < -0.3 is 0 Å². The molecule has 0 aliphatic rings. The van der Waals surface area contributed by atoms with Gasteiger partial charge in [-0.1, -0.05) is 127 Å². The van der Waals surface area contributed by atoms with Crippen LogP contribution in [0.1, 0.15) is 0 Å². The standard InChI is InChI=1S/C57H35N3S2/c1-2-10-36(11-3-1)39-12-8-13-42(28-39)51-34-52(60-57(59-51)38-21-19-37(20-22-38)43-14-9-27-58-35-43)46-30-44(40-23-25-55-49(32-40)47-15-4-6-17-53(47)61-55)29-45(31-46)41-24-26-56-50(33-41)48-16-5-7-18-54(48)62-56/h1-35H. The van der Waals surface area contributed by atoms with Crippen molar-refractivity contribution >= 4 is 63.0 Å². The number of hydrogen-bond donors (Lipinski definition) is 0. The largest absolute Gasteiger partial charge is 0.264 e. The van der Waals surface area contributed by atoms with Crippen molar-refractivity contribution in [1.29, 1.82) is 0 Å². The predicted molar refractivity (Wildman–Crippen MR) is 264 cm³/mol. The Morgan fingerprint density at radius 3 is 1.39 bits per heavy atom. The molecule has 4 heterocycles. The lowest BCUT2D eigenvalue weighted by atomic mass is 9.93. The molecule has 62 heavy (non-hydrogen) atoms. The van der Waals surface area contributed by atoms with Crippen molar-refractivity contribution < 1.29 is 0 Å². The van der Waals surface area contributed by atoms with E-state index in [4.69, 9.17) is 9.97 Å². The summed E-state index contributed by atoms with van der Waals surface area (Å²) in [6.45, 7) is 0. The number of benzene rings is 8. The Kier molecular flexibility index (Phi) is 8.87. The minimum atomic E-state index is 0.671. The molecule has 0 unspecified atom stereocenters. The fraction of sp³-hybridized carbons (Fsp3) is 0. The van der Waals surface area contributed by atoms with Crippen LogP contribution in [-0.4, -0.2) is 15.0 Å². The van der Waals surface area contributed by atoms with E-state index >= 15 is 0 Å². The van der Waals surface area contributed by atoms with Crippen LogP contribution in [0.4, 0.5) is 0 Å². The van der Waals surface area contributed by atoms with E-state index in [1.54, 1.807) is 6.20 Å². The van der Waals surface area contributed by atoms with Gasteiger partial charge in [0.05, 0.1) is 11.4 Å². The van der Waals surface area contributed by atoms with Crippen molar-refractivity contribution in [1.82, 2.24) is 15.0 Å². The fourth-order valence-corrected chi connectivity index (χ4v) is 10.8. The zero-order valence-electron chi connectivity index (χ0n) is 33.4. The molecule has 0 atom stereocenters. The highest BCUT2D eigenvalue weighted by Gasteiger charge is 2.16. The molecule has 3 nitrogen and oxygen atoms in total. The zero-order valence-corrected chi connectivity index (χ0v) is 35.0. The number of rotatable bonds is 7. The minimum absolute atomic E-state index is 0.671. The van der Waals surface area contributed by atoms with Crippen LogP contribution in [0.5, 0.6) is 0 Å². The van der Waals surface area contributed by atoms with Crippen LogP contribution in [-0.2, 0) is 0 Å². The number of aromatic nitrogens is 3. The summed E-state index contributed by atoms with van der Waals surface area (Å²) in [5.74, 6) is 0.671. The lowest BCUT2D eigenvalue weighted by Crippen LogP contribution is -1.97. The first-order valence-electron chi connectivity index (χ1n) is 20.7. The third-order valence-corrected chi connectivity index (χ3v) is 14.1. The van der Waals surface area contributed by atoms with Crippen LogP contribution in [0.25, 0.3) is 119 Å². The first kappa shape index (κ1) is 36.3. The van der Waals surface area contributed by atoms with E-state index in [1.807, 2.05) is 34.9 Å². The molecule has 12 aromatic rings. The maximum atomic E-state index is 5.40. The van der Waals surface area contributed by atoms with Gasteiger partial charge in [-0.3, -0.25) is 4.98 Å². The second-order valence-electron chi connectivity index (χ2n) is 15.6. The molecule has 8 aromatic carbocycles. The van der Waals surface area contributed by atoms with E-state index in [9.17, 15) is 0 Å². The van der Waals surface area contributed by atoms with Gasteiger partial charge in [0.2, 0.25) is 0 Å². The molecule has 12 rings (SSSR count). The maximum absolute atomic E-state index is 5.40. The highest BCUT2D eigenvalue weighted by molar-refractivity contribution is 7.26. The molecule has 4 aromatic heterocycles. The second kappa shape index (κ2) is 15.2. The van der Waals surface area contributed by atoms with Crippen LogP contribution < -0.4 is 0 Å². The highest BCUT2D eigenvalue weighted by Crippen LogP contribution is 2.41. The third kappa shape index (κ3) is 6.65. The molecule has 0 radical (unpaired) electrons. The van der Waals surface area contributed by atoms with Gasteiger partial charge in [0.25, 0.3) is 0 Å². The molecule has 0 bridgehead atoms. The van der Waals surface area contributed by atoms with Crippen molar-refractivity contribution in [2.45, 2.75) is 0 Å². The normalized spacial score (nSPS) is 11.5. The lowest BCUT2D eigenvalue weighted by molar-refractivity contribution is 1.18. The molecule has 0 saturated heterocycles. The molecule has 0 aliphatic heterocycles. The number of hydrogen-bond acceptors (Lipinski definition) is 5. The Morgan fingerprint density at radius 2 is 0.742 bits per heavy atom.